The third kappa shape index (κ3) is 4.16. The van der Waals surface area contributed by atoms with Crippen molar-refractivity contribution in [1.82, 2.24) is 20.2 Å². The van der Waals surface area contributed by atoms with Gasteiger partial charge in [-0.15, -0.1) is 0 Å². The fourth-order valence-electron chi connectivity index (χ4n) is 4.71. The number of amides is 1. The zero-order chi connectivity index (χ0) is 21.3. The van der Waals surface area contributed by atoms with Crippen LogP contribution in [-0.4, -0.2) is 59.5 Å². The Bertz CT molecular complexity index is 903. The van der Waals surface area contributed by atoms with Gasteiger partial charge >= 0.3 is 0 Å². The number of hydrogen-bond donors (Lipinski definition) is 1. The molecule has 30 heavy (non-hydrogen) atoms. The van der Waals surface area contributed by atoms with Crippen LogP contribution in [0.5, 0.6) is 0 Å². The molecule has 2 aromatic rings. The summed E-state index contributed by atoms with van der Waals surface area (Å²) in [6, 6.07) is 7.68. The molecule has 1 N–H and O–H groups in total. The fraction of sp³-hybridized carbons (Fsp3) is 0.522. The van der Waals surface area contributed by atoms with Crippen molar-refractivity contribution in [3.05, 3.63) is 52.4 Å². The van der Waals surface area contributed by atoms with Crippen molar-refractivity contribution in [3.8, 4) is 0 Å². The molecule has 0 saturated carbocycles. The van der Waals surface area contributed by atoms with E-state index in [1.54, 1.807) is 6.33 Å². The van der Waals surface area contributed by atoms with Crippen molar-refractivity contribution in [3.63, 3.8) is 0 Å². The zero-order valence-corrected chi connectivity index (χ0v) is 18.7. The highest BCUT2D eigenvalue weighted by molar-refractivity contribution is 6.30. The van der Waals surface area contributed by atoms with Crippen molar-refractivity contribution < 1.29 is 4.79 Å². The van der Waals surface area contributed by atoms with Crippen LogP contribution >= 0.6 is 11.6 Å². The molecule has 6 nitrogen and oxygen atoms in total. The Morgan fingerprint density at radius 1 is 1.23 bits per heavy atom. The highest BCUT2D eigenvalue weighted by atomic mass is 35.5. The maximum Gasteiger partial charge on any atom is 0.240 e. The highest BCUT2D eigenvalue weighted by Gasteiger charge is 2.34. The number of aryl methyl sites for hydroxylation is 1. The first-order valence-corrected chi connectivity index (χ1v) is 11.2. The molecule has 1 aliphatic carbocycles. The average molecular weight is 428 g/mol. The molecule has 1 aromatic carbocycles. The van der Waals surface area contributed by atoms with Crippen LogP contribution in [0.25, 0.3) is 0 Å². The third-order valence-corrected chi connectivity index (χ3v) is 6.72. The van der Waals surface area contributed by atoms with Crippen LogP contribution in [0.1, 0.15) is 43.0 Å². The van der Waals surface area contributed by atoms with E-state index in [1.165, 1.54) is 11.3 Å². The number of halogens is 1. The van der Waals surface area contributed by atoms with Crippen molar-refractivity contribution in [2.45, 2.75) is 51.1 Å². The van der Waals surface area contributed by atoms with Gasteiger partial charge in [-0.05, 0) is 56.8 Å². The van der Waals surface area contributed by atoms with Gasteiger partial charge in [-0.1, -0.05) is 30.7 Å². The topological polar surface area (TPSA) is 61.4 Å². The van der Waals surface area contributed by atoms with Crippen LogP contribution in [0.3, 0.4) is 0 Å². The smallest absolute Gasteiger partial charge is 0.240 e. The molecule has 0 bridgehead atoms. The Morgan fingerprint density at radius 2 is 2.00 bits per heavy atom. The van der Waals surface area contributed by atoms with Gasteiger partial charge in [0, 0.05) is 42.0 Å². The number of piperazine rings is 1. The summed E-state index contributed by atoms with van der Waals surface area (Å²) in [5.41, 5.74) is 3.60. The van der Waals surface area contributed by atoms with E-state index in [2.05, 4.69) is 34.0 Å². The minimum atomic E-state index is -0.242. The van der Waals surface area contributed by atoms with E-state index < -0.39 is 0 Å². The van der Waals surface area contributed by atoms with Gasteiger partial charge in [-0.2, -0.15) is 0 Å². The number of anilines is 1. The van der Waals surface area contributed by atoms with Gasteiger partial charge in [0.05, 0.1) is 6.04 Å². The summed E-state index contributed by atoms with van der Waals surface area (Å²) in [5, 5.41) is 3.91. The summed E-state index contributed by atoms with van der Waals surface area (Å²) in [6.07, 6.45) is 4.52. The van der Waals surface area contributed by atoms with Gasteiger partial charge < -0.3 is 15.1 Å². The van der Waals surface area contributed by atoms with E-state index in [0.717, 1.165) is 30.8 Å². The van der Waals surface area contributed by atoms with Crippen LogP contribution in [-0.2, 0) is 17.6 Å². The largest absolute Gasteiger partial charge is 0.350 e. The lowest BCUT2D eigenvalue weighted by Crippen LogP contribution is -2.58. The van der Waals surface area contributed by atoms with E-state index >= 15 is 0 Å². The molecular weight excluding hydrogens is 398 g/mol. The maximum absolute atomic E-state index is 13.2. The van der Waals surface area contributed by atoms with Crippen LogP contribution in [0, 0.1) is 0 Å². The molecule has 1 fully saturated rings. The Labute approximate surface area is 183 Å². The first kappa shape index (κ1) is 21.1. The Morgan fingerprint density at radius 3 is 2.70 bits per heavy atom. The molecule has 160 valence electrons. The molecule has 3 atom stereocenters. The lowest BCUT2D eigenvalue weighted by Gasteiger charge is -2.42. The minimum absolute atomic E-state index is 0.153. The molecule has 3 unspecified atom stereocenters. The number of likely N-dealkylation sites (N-methyl/N-ethyl adjacent to an activating group) is 1. The van der Waals surface area contributed by atoms with Gasteiger partial charge in [-0.3, -0.25) is 4.79 Å². The molecule has 2 heterocycles. The molecule has 2 aliphatic rings. The van der Waals surface area contributed by atoms with Gasteiger partial charge in [0.25, 0.3) is 0 Å². The van der Waals surface area contributed by atoms with Crippen molar-refractivity contribution in [1.29, 1.82) is 0 Å². The number of benzene rings is 1. The van der Waals surface area contributed by atoms with Gasteiger partial charge in [0.2, 0.25) is 5.91 Å². The first-order chi connectivity index (χ1) is 14.5. The number of nitrogens with zero attached hydrogens (tertiary/aromatic N) is 4. The minimum Gasteiger partial charge on any atom is -0.350 e. The number of hydrogen-bond acceptors (Lipinski definition) is 5. The Balaban J connectivity index is 1.44. The molecule has 1 saturated heterocycles. The van der Waals surface area contributed by atoms with Crippen molar-refractivity contribution in [2.75, 3.05) is 31.6 Å². The number of fused-ring (bicyclic) bond motifs is 1. The Kier molecular flexibility index (Phi) is 6.25. The lowest BCUT2D eigenvalue weighted by atomic mass is 10.0. The highest BCUT2D eigenvalue weighted by Crippen LogP contribution is 2.38. The summed E-state index contributed by atoms with van der Waals surface area (Å²) in [5.74, 6) is 1.72. The third-order valence-electron chi connectivity index (χ3n) is 6.46. The van der Waals surface area contributed by atoms with Crippen LogP contribution in [0.15, 0.2) is 30.6 Å². The van der Waals surface area contributed by atoms with Crippen LogP contribution < -0.4 is 10.2 Å². The summed E-state index contributed by atoms with van der Waals surface area (Å²) in [4.78, 5) is 26.7. The predicted molar refractivity (Wildman–Crippen MR) is 120 cm³/mol. The molecule has 0 spiro atoms. The summed E-state index contributed by atoms with van der Waals surface area (Å²) >= 11 is 5.99. The zero-order valence-electron chi connectivity index (χ0n) is 17.9. The summed E-state index contributed by atoms with van der Waals surface area (Å²) in [6.45, 7) is 6.64. The molecule has 1 aromatic heterocycles. The normalized spacial score (nSPS) is 22.1. The molecule has 0 radical (unpaired) electrons. The van der Waals surface area contributed by atoms with E-state index in [1.807, 2.05) is 36.2 Å². The van der Waals surface area contributed by atoms with Crippen LogP contribution in [0.4, 0.5) is 5.82 Å². The number of carbonyl (C=O) groups is 1. The molecule has 4 rings (SSSR count). The quantitative estimate of drug-likeness (QED) is 0.794. The molecule has 1 aliphatic heterocycles. The summed E-state index contributed by atoms with van der Waals surface area (Å²) in [7, 11) is 1.85. The van der Waals surface area contributed by atoms with Crippen molar-refractivity contribution >= 4 is 23.3 Å². The Hall–Kier alpha value is -2.18. The second kappa shape index (κ2) is 8.90. The average Bonchev–Trinajstić information content (AvgIpc) is 3.14. The van der Waals surface area contributed by atoms with E-state index in [0.29, 0.717) is 30.5 Å². The second-order valence-electron chi connectivity index (χ2n) is 8.50. The van der Waals surface area contributed by atoms with E-state index in [-0.39, 0.29) is 18.0 Å². The monoisotopic (exact) mass is 427 g/mol. The van der Waals surface area contributed by atoms with E-state index in [4.69, 9.17) is 11.6 Å². The van der Waals surface area contributed by atoms with Gasteiger partial charge in [0.15, 0.2) is 0 Å². The first-order valence-electron chi connectivity index (χ1n) is 10.8. The predicted octanol–water partition coefficient (Wildman–Crippen LogP) is 3.05. The van der Waals surface area contributed by atoms with Gasteiger partial charge in [-0.25, -0.2) is 9.97 Å². The fourth-order valence-corrected chi connectivity index (χ4v) is 4.84. The lowest BCUT2D eigenvalue weighted by molar-refractivity contribution is -0.134. The molecule has 7 heteroatoms. The second-order valence-corrected chi connectivity index (χ2v) is 8.93. The standard InChI is InChI=1S/C23H30ClN5O/c1-15-4-9-19-21(15)22(27-14-26-19)29-11-10-28(13-16(29)2)23(30)20(25-3)12-17-5-7-18(24)8-6-17/h5-8,14-16,20,25H,4,9-13H2,1-3H3. The van der Waals surface area contributed by atoms with Gasteiger partial charge in [0.1, 0.15) is 12.1 Å². The SMILES string of the molecule is CNC(Cc1ccc(Cl)cc1)C(=O)N1CCN(c2ncnc3c2C(C)CC3)C(C)C1. The maximum atomic E-state index is 13.2. The number of rotatable bonds is 5. The number of nitrogens with one attached hydrogen (secondary N) is 1. The van der Waals surface area contributed by atoms with Crippen LogP contribution in [0.2, 0.25) is 5.02 Å². The van der Waals surface area contributed by atoms with E-state index in [9.17, 15) is 4.79 Å². The number of carbonyl (C=O) groups excluding carboxylic acids is 1. The summed E-state index contributed by atoms with van der Waals surface area (Å²) < 4.78 is 0. The molecule has 1 amide bonds. The number of aromatic nitrogens is 2. The van der Waals surface area contributed by atoms with Crippen molar-refractivity contribution in [2.24, 2.45) is 0 Å². The molecular formula is C23H30ClN5O.